The summed E-state index contributed by atoms with van der Waals surface area (Å²) in [4.78, 5) is 4.34. The van der Waals surface area contributed by atoms with Crippen molar-refractivity contribution in [3.63, 3.8) is 0 Å². The molecule has 0 spiro atoms. The van der Waals surface area contributed by atoms with Gasteiger partial charge in [-0.3, -0.25) is 4.98 Å². The molecule has 2 N–H and O–H groups in total. The van der Waals surface area contributed by atoms with Crippen LogP contribution in [0.1, 0.15) is 30.9 Å². The van der Waals surface area contributed by atoms with Crippen molar-refractivity contribution in [1.82, 2.24) is 10.3 Å². The van der Waals surface area contributed by atoms with E-state index in [2.05, 4.69) is 10.3 Å². The summed E-state index contributed by atoms with van der Waals surface area (Å²) in [5, 5.41) is 15.0. The lowest BCUT2D eigenvalue weighted by atomic mass is 9.93. The van der Waals surface area contributed by atoms with Crippen LogP contribution in [-0.4, -0.2) is 22.7 Å². The Morgan fingerprint density at radius 3 is 2.84 bits per heavy atom. The number of halogens is 1. The summed E-state index contributed by atoms with van der Waals surface area (Å²) in [7, 11) is 0. The van der Waals surface area contributed by atoms with Gasteiger partial charge in [0.25, 0.3) is 0 Å². The molecule has 1 aromatic carbocycles. The van der Waals surface area contributed by atoms with E-state index < -0.39 is 6.10 Å². The Kier molecular flexibility index (Phi) is 4.75. The summed E-state index contributed by atoms with van der Waals surface area (Å²) in [6.07, 6.45) is 4.78. The molecule has 0 aliphatic carbocycles. The molecule has 1 aliphatic rings. The van der Waals surface area contributed by atoms with Crippen LogP contribution >= 0.6 is 12.4 Å². The van der Waals surface area contributed by atoms with E-state index >= 15 is 0 Å². The van der Waals surface area contributed by atoms with Crippen molar-refractivity contribution in [3.8, 4) is 0 Å². The summed E-state index contributed by atoms with van der Waals surface area (Å²) in [6, 6.07) is 10.1. The Balaban J connectivity index is 0.00000133. The van der Waals surface area contributed by atoms with Gasteiger partial charge in [0.1, 0.15) is 0 Å². The van der Waals surface area contributed by atoms with E-state index in [0.29, 0.717) is 0 Å². The van der Waals surface area contributed by atoms with Gasteiger partial charge in [0.05, 0.1) is 11.6 Å². The molecule has 3 nitrogen and oxygen atoms in total. The second-order valence-corrected chi connectivity index (χ2v) is 4.92. The first-order valence-corrected chi connectivity index (χ1v) is 6.61. The number of nitrogens with zero attached hydrogens (tertiary/aromatic N) is 1. The van der Waals surface area contributed by atoms with Crippen molar-refractivity contribution in [2.75, 3.05) is 6.54 Å². The van der Waals surface area contributed by atoms with E-state index in [-0.39, 0.29) is 18.4 Å². The molecule has 3 rings (SSSR count). The summed E-state index contributed by atoms with van der Waals surface area (Å²) in [5.41, 5.74) is 1.94. The molecule has 102 valence electrons. The SMILES string of the molecule is Cl.OC(c1ccnc2ccccc12)C1CCCCN1. The van der Waals surface area contributed by atoms with Crippen LogP contribution in [0.5, 0.6) is 0 Å². The Hall–Kier alpha value is -1.16. The summed E-state index contributed by atoms with van der Waals surface area (Å²) < 4.78 is 0. The lowest BCUT2D eigenvalue weighted by Gasteiger charge is -2.28. The van der Waals surface area contributed by atoms with E-state index in [0.717, 1.165) is 29.4 Å². The number of hydrogen-bond donors (Lipinski definition) is 2. The zero-order valence-electron chi connectivity index (χ0n) is 10.7. The number of piperidine rings is 1. The van der Waals surface area contributed by atoms with Gasteiger partial charge in [-0.05, 0) is 37.1 Å². The summed E-state index contributed by atoms with van der Waals surface area (Å²) >= 11 is 0. The normalized spacial score (nSPS) is 20.8. The Labute approximate surface area is 119 Å². The monoisotopic (exact) mass is 278 g/mol. The molecule has 0 saturated carbocycles. The van der Waals surface area contributed by atoms with Gasteiger partial charge in [-0.1, -0.05) is 24.6 Å². The average Bonchev–Trinajstić information content (AvgIpc) is 2.47. The molecule has 0 bridgehead atoms. The van der Waals surface area contributed by atoms with Crippen LogP contribution in [0.2, 0.25) is 0 Å². The van der Waals surface area contributed by atoms with Crippen LogP contribution in [0, 0.1) is 0 Å². The van der Waals surface area contributed by atoms with Gasteiger partial charge < -0.3 is 10.4 Å². The molecule has 19 heavy (non-hydrogen) atoms. The second kappa shape index (κ2) is 6.33. The largest absolute Gasteiger partial charge is 0.387 e. The number of fused-ring (bicyclic) bond motifs is 1. The molecule has 2 heterocycles. The number of hydrogen-bond acceptors (Lipinski definition) is 3. The second-order valence-electron chi connectivity index (χ2n) is 4.92. The molecule has 1 aromatic heterocycles. The number of nitrogens with one attached hydrogen (secondary N) is 1. The standard InChI is InChI=1S/C15H18N2O.ClH/c18-15(14-7-3-4-9-16-14)12-8-10-17-13-6-2-1-5-11(12)13;/h1-2,5-6,8,10,14-16,18H,3-4,7,9H2;1H. The minimum atomic E-state index is -0.446. The topological polar surface area (TPSA) is 45.2 Å². The number of rotatable bonds is 2. The van der Waals surface area contributed by atoms with Crippen molar-refractivity contribution in [2.24, 2.45) is 0 Å². The third kappa shape index (κ3) is 2.89. The maximum absolute atomic E-state index is 10.6. The Morgan fingerprint density at radius 1 is 1.21 bits per heavy atom. The molecule has 2 unspecified atom stereocenters. The Morgan fingerprint density at radius 2 is 2.05 bits per heavy atom. The Bertz CT molecular complexity index is 535. The van der Waals surface area contributed by atoms with Crippen LogP contribution < -0.4 is 5.32 Å². The van der Waals surface area contributed by atoms with Gasteiger partial charge in [-0.15, -0.1) is 12.4 Å². The van der Waals surface area contributed by atoms with Crippen molar-refractivity contribution >= 4 is 23.3 Å². The van der Waals surface area contributed by atoms with Crippen molar-refractivity contribution in [3.05, 3.63) is 42.1 Å². The number of aliphatic hydroxyl groups is 1. The highest BCUT2D eigenvalue weighted by Gasteiger charge is 2.23. The minimum Gasteiger partial charge on any atom is -0.387 e. The smallest absolute Gasteiger partial charge is 0.0950 e. The minimum absolute atomic E-state index is 0. The highest BCUT2D eigenvalue weighted by atomic mass is 35.5. The third-order valence-corrected chi connectivity index (χ3v) is 3.73. The van der Waals surface area contributed by atoms with Crippen LogP contribution in [0.25, 0.3) is 10.9 Å². The first kappa shape index (κ1) is 14.3. The van der Waals surface area contributed by atoms with Crippen LogP contribution in [0.3, 0.4) is 0 Å². The maximum Gasteiger partial charge on any atom is 0.0950 e. The molecule has 2 aromatic rings. The summed E-state index contributed by atoms with van der Waals surface area (Å²) in [5.74, 6) is 0. The fraction of sp³-hybridized carbons (Fsp3) is 0.400. The molecule has 2 atom stereocenters. The third-order valence-electron chi connectivity index (χ3n) is 3.73. The van der Waals surface area contributed by atoms with E-state index in [1.54, 1.807) is 6.20 Å². The molecule has 1 aliphatic heterocycles. The predicted octanol–water partition coefficient (Wildman–Crippen LogP) is 2.83. The molecular weight excluding hydrogens is 260 g/mol. The highest BCUT2D eigenvalue weighted by Crippen LogP contribution is 2.27. The van der Waals surface area contributed by atoms with E-state index in [4.69, 9.17) is 0 Å². The molecule has 4 heteroatoms. The van der Waals surface area contributed by atoms with E-state index in [1.165, 1.54) is 12.8 Å². The van der Waals surface area contributed by atoms with Crippen LogP contribution in [-0.2, 0) is 0 Å². The maximum atomic E-state index is 10.6. The number of aliphatic hydroxyl groups excluding tert-OH is 1. The fourth-order valence-corrected chi connectivity index (χ4v) is 2.74. The van der Waals surface area contributed by atoms with Gasteiger partial charge in [0, 0.05) is 17.6 Å². The zero-order valence-corrected chi connectivity index (χ0v) is 11.6. The quantitative estimate of drug-likeness (QED) is 0.888. The highest BCUT2D eigenvalue weighted by molar-refractivity contribution is 5.85. The van der Waals surface area contributed by atoms with Gasteiger partial charge >= 0.3 is 0 Å². The zero-order chi connectivity index (χ0) is 12.4. The van der Waals surface area contributed by atoms with Gasteiger partial charge in [0.2, 0.25) is 0 Å². The summed E-state index contributed by atoms with van der Waals surface area (Å²) in [6.45, 7) is 1.00. The number of benzene rings is 1. The predicted molar refractivity (Wildman–Crippen MR) is 79.6 cm³/mol. The lowest BCUT2D eigenvalue weighted by Crippen LogP contribution is -2.38. The average molecular weight is 279 g/mol. The molecule has 0 radical (unpaired) electrons. The van der Waals surface area contributed by atoms with Crippen LogP contribution in [0.4, 0.5) is 0 Å². The van der Waals surface area contributed by atoms with E-state index in [9.17, 15) is 5.11 Å². The molecule has 1 saturated heterocycles. The first-order chi connectivity index (χ1) is 8.86. The number of pyridine rings is 1. The van der Waals surface area contributed by atoms with Gasteiger partial charge in [0.15, 0.2) is 0 Å². The molecule has 1 fully saturated rings. The first-order valence-electron chi connectivity index (χ1n) is 6.61. The molecule has 0 amide bonds. The molecular formula is C15H19ClN2O. The lowest BCUT2D eigenvalue weighted by molar-refractivity contribution is 0.115. The van der Waals surface area contributed by atoms with Gasteiger partial charge in [-0.25, -0.2) is 0 Å². The fourth-order valence-electron chi connectivity index (χ4n) is 2.74. The van der Waals surface area contributed by atoms with Crippen molar-refractivity contribution < 1.29 is 5.11 Å². The van der Waals surface area contributed by atoms with Crippen LogP contribution in [0.15, 0.2) is 36.5 Å². The van der Waals surface area contributed by atoms with Gasteiger partial charge in [-0.2, -0.15) is 0 Å². The number of para-hydroxylation sites is 1. The van der Waals surface area contributed by atoms with Crippen molar-refractivity contribution in [2.45, 2.75) is 31.4 Å². The van der Waals surface area contributed by atoms with Crippen molar-refractivity contribution in [1.29, 1.82) is 0 Å². The van der Waals surface area contributed by atoms with E-state index in [1.807, 2.05) is 30.3 Å². The number of aromatic nitrogens is 1.